The number of fused-ring (bicyclic) bond motifs is 1. The number of anilines is 2. The highest BCUT2D eigenvalue weighted by Crippen LogP contribution is 2.31. The number of aryl methyl sites for hydroxylation is 1. The van der Waals surface area contributed by atoms with E-state index in [4.69, 9.17) is 4.74 Å². The molecule has 0 unspecified atom stereocenters. The van der Waals surface area contributed by atoms with Gasteiger partial charge in [0.05, 0.1) is 22.9 Å². The van der Waals surface area contributed by atoms with Crippen molar-refractivity contribution in [3.63, 3.8) is 0 Å². The smallest absolute Gasteiger partial charge is 0.270 e. The van der Waals surface area contributed by atoms with Crippen LogP contribution in [0.25, 0.3) is 10.9 Å². The molecule has 3 rings (SSSR count). The number of nitro benzene ring substituents is 1. The van der Waals surface area contributed by atoms with Gasteiger partial charge in [0.1, 0.15) is 17.4 Å². The van der Waals surface area contributed by atoms with Crippen LogP contribution in [0.2, 0.25) is 0 Å². The van der Waals surface area contributed by atoms with E-state index in [1.165, 1.54) is 12.1 Å². The van der Waals surface area contributed by atoms with Gasteiger partial charge in [-0.25, -0.2) is 9.97 Å². The number of ether oxygens (including phenoxy) is 1. The maximum absolute atomic E-state index is 11.1. The standard InChI is InChI=1S/C17H16N4O3/c1-11-18-16-9-6-13(21(22)23)10-15(16)17(19-11)20(2)12-4-7-14(24-3)8-5-12/h4-10H,1-3H3. The van der Waals surface area contributed by atoms with Gasteiger partial charge >= 0.3 is 0 Å². The Morgan fingerprint density at radius 1 is 1.12 bits per heavy atom. The van der Waals surface area contributed by atoms with Gasteiger partial charge in [-0.2, -0.15) is 0 Å². The molecule has 0 N–H and O–H groups in total. The van der Waals surface area contributed by atoms with E-state index in [0.717, 1.165) is 11.4 Å². The highest BCUT2D eigenvalue weighted by Gasteiger charge is 2.15. The largest absolute Gasteiger partial charge is 0.497 e. The molecule has 1 heterocycles. The van der Waals surface area contributed by atoms with Crippen LogP contribution in [0.15, 0.2) is 42.5 Å². The lowest BCUT2D eigenvalue weighted by atomic mass is 10.2. The fraction of sp³-hybridized carbons (Fsp3) is 0.176. The monoisotopic (exact) mass is 324 g/mol. The molecule has 0 aliphatic carbocycles. The van der Waals surface area contributed by atoms with Gasteiger partial charge in [0.25, 0.3) is 5.69 Å². The van der Waals surface area contributed by atoms with E-state index in [0.29, 0.717) is 22.5 Å². The van der Waals surface area contributed by atoms with E-state index < -0.39 is 4.92 Å². The molecule has 0 atom stereocenters. The van der Waals surface area contributed by atoms with E-state index >= 15 is 0 Å². The Balaban J connectivity index is 2.15. The third-order valence-corrected chi connectivity index (χ3v) is 3.76. The number of non-ortho nitro benzene ring substituents is 1. The minimum absolute atomic E-state index is 0.0133. The molecule has 3 aromatic rings. The summed E-state index contributed by atoms with van der Waals surface area (Å²) < 4.78 is 5.17. The van der Waals surface area contributed by atoms with E-state index in [9.17, 15) is 10.1 Å². The second-order valence-electron chi connectivity index (χ2n) is 5.31. The van der Waals surface area contributed by atoms with Gasteiger partial charge in [-0.15, -0.1) is 0 Å². The molecule has 0 aliphatic heterocycles. The van der Waals surface area contributed by atoms with Crippen molar-refractivity contribution in [3.8, 4) is 5.75 Å². The van der Waals surface area contributed by atoms with Crippen LogP contribution in [0.1, 0.15) is 5.82 Å². The van der Waals surface area contributed by atoms with Crippen molar-refractivity contribution in [3.05, 3.63) is 58.4 Å². The van der Waals surface area contributed by atoms with Gasteiger partial charge in [0, 0.05) is 24.9 Å². The maximum Gasteiger partial charge on any atom is 0.270 e. The second kappa shape index (κ2) is 6.11. The molecule has 1 aromatic heterocycles. The summed E-state index contributed by atoms with van der Waals surface area (Å²) >= 11 is 0. The Hall–Kier alpha value is -3.22. The van der Waals surface area contributed by atoms with E-state index in [-0.39, 0.29) is 5.69 Å². The fourth-order valence-corrected chi connectivity index (χ4v) is 2.51. The highest BCUT2D eigenvalue weighted by molar-refractivity contribution is 5.93. The van der Waals surface area contributed by atoms with Crippen molar-refractivity contribution in [1.82, 2.24) is 9.97 Å². The molecular formula is C17H16N4O3. The number of nitro groups is 1. The van der Waals surface area contributed by atoms with Crippen LogP contribution in [0.5, 0.6) is 5.75 Å². The summed E-state index contributed by atoms with van der Waals surface area (Å²) in [6.07, 6.45) is 0. The van der Waals surface area contributed by atoms with Gasteiger partial charge in [-0.05, 0) is 37.3 Å². The minimum Gasteiger partial charge on any atom is -0.497 e. The van der Waals surface area contributed by atoms with Crippen LogP contribution < -0.4 is 9.64 Å². The predicted molar refractivity (Wildman–Crippen MR) is 92.0 cm³/mol. The third kappa shape index (κ3) is 2.83. The van der Waals surface area contributed by atoms with Gasteiger partial charge in [-0.1, -0.05) is 0 Å². The summed E-state index contributed by atoms with van der Waals surface area (Å²) in [5, 5.41) is 11.7. The van der Waals surface area contributed by atoms with E-state index in [2.05, 4.69) is 9.97 Å². The molecular weight excluding hydrogens is 308 g/mol. The summed E-state index contributed by atoms with van der Waals surface area (Å²) in [6.45, 7) is 1.80. The van der Waals surface area contributed by atoms with Crippen molar-refractivity contribution in [2.75, 3.05) is 19.1 Å². The first-order valence-electron chi connectivity index (χ1n) is 7.30. The van der Waals surface area contributed by atoms with Crippen molar-refractivity contribution < 1.29 is 9.66 Å². The van der Waals surface area contributed by atoms with Crippen LogP contribution >= 0.6 is 0 Å². The molecule has 0 fully saturated rings. The van der Waals surface area contributed by atoms with Crippen LogP contribution in [0, 0.1) is 17.0 Å². The lowest BCUT2D eigenvalue weighted by Crippen LogP contribution is -2.13. The molecule has 0 saturated heterocycles. The molecule has 122 valence electrons. The first-order valence-corrected chi connectivity index (χ1v) is 7.30. The molecule has 2 aromatic carbocycles. The van der Waals surface area contributed by atoms with Crippen molar-refractivity contribution >= 4 is 28.1 Å². The zero-order valence-corrected chi connectivity index (χ0v) is 13.6. The molecule has 0 bridgehead atoms. The number of benzene rings is 2. The molecule has 7 nitrogen and oxygen atoms in total. The number of nitrogens with zero attached hydrogens (tertiary/aromatic N) is 4. The summed E-state index contributed by atoms with van der Waals surface area (Å²) in [5.41, 5.74) is 1.57. The van der Waals surface area contributed by atoms with Crippen LogP contribution in [0.4, 0.5) is 17.2 Å². The molecule has 0 spiro atoms. The van der Waals surface area contributed by atoms with E-state index in [1.807, 2.05) is 36.2 Å². The average molecular weight is 324 g/mol. The molecule has 0 radical (unpaired) electrons. The summed E-state index contributed by atoms with van der Waals surface area (Å²) in [5.74, 6) is 1.98. The van der Waals surface area contributed by atoms with Crippen LogP contribution in [-0.2, 0) is 0 Å². The van der Waals surface area contributed by atoms with Crippen molar-refractivity contribution in [1.29, 1.82) is 0 Å². The molecule has 0 aliphatic rings. The van der Waals surface area contributed by atoms with Crippen molar-refractivity contribution in [2.24, 2.45) is 0 Å². The number of rotatable bonds is 4. The maximum atomic E-state index is 11.1. The molecule has 7 heteroatoms. The predicted octanol–water partition coefficient (Wildman–Crippen LogP) is 3.62. The van der Waals surface area contributed by atoms with Gasteiger partial charge in [0.2, 0.25) is 0 Å². The van der Waals surface area contributed by atoms with Crippen LogP contribution in [-0.4, -0.2) is 29.0 Å². The zero-order chi connectivity index (χ0) is 17.3. The highest BCUT2D eigenvalue weighted by atomic mass is 16.6. The van der Waals surface area contributed by atoms with Gasteiger partial charge in [0.15, 0.2) is 0 Å². The Morgan fingerprint density at radius 3 is 2.46 bits per heavy atom. The number of hydrogen-bond acceptors (Lipinski definition) is 6. The number of hydrogen-bond donors (Lipinski definition) is 0. The van der Waals surface area contributed by atoms with Crippen molar-refractivity contribution in [2.45, 2.75) is 6.92 Å². The minimum atomic E-state index is -0.420. The normalized spacial score (nSPS) is 10.6. The van der Waals surface area contributed by atoms with Crippen LogP contribution in [0.3, 0.4) is 0 Å². The summed E-state index contributed by atoms with van der Waals surface area (Å²) in [4.78, 5) is 21.4. The van der Waals surface area contributed by atoms with Gasteiger partial charge in [-0.3, -0.25) is 10.1 Å². The first kappa shape index (κ1) is 15.7. The fourth-order valence-electron chi connectivity index (χ4n) is 2.51. The Kier molecular flexibility index (Phi) is 3.99. The quantitative estimate of drug-likeness (QED) is 0.538. The Morgan fingerprint density at radius 2 is 1.83 bits per heavy atom. The molecule has 0 saturated carbocycles. The Bertz CT molecular complexity index is 910. The first-order chi connectivity index (χ1) is 11.5. The SMILES string of the molecule is COc1ccc(N(C)c2nc(C)nc3ccc([N+](=O)[O-])cc23)cc1. The topological polar surface area (TPSA) is 81.4 Å². The molecule has 24 heavy (non-hydrogen) atoms. The van der Waals surface area contributed by atoms with Gasteiger partial charge < -0.3 is 9.64 Å². The lowest BCUT2D eigenvalue weighted by molar-refractivity contribution is -0.384. The molecule has 0 amide bonds. The third-order valence-electron chi connectivity index (χ3n) is 3.76. The number of aromatic nitrogens is 2. The zero-order valence-electron chi connectivity index (χ0n) is 13.6. The summed E-state index contributed by atoms with van der Waals surface area (Å²) in [6, 6.07) is 12.1. The summed E-state index contributed by atoms with van der Waals surface area (Å²) in [7, 11) is 3.47. The second-order valence-corrected chi connectivity index (χ2v) is 5.31. The average Bonchev–Trinajstić information content (AvgIpc) is 2.60. The Labute approximate surface area is 138 Å². The van der Waals surface area contributed by atoms with E-state index in [1.54, 1.807) is 20.1 Å². The number of methoxy groups -OCH3 is 1. The lowest BCUT2D eigenvalue weighted by Gasteiger charge is -2.20.